The summed E-state index contributed by atoms with van der Waals surface area (Å²) >= 11 is 0. The monoisotopic (exact) mass is 543 g/mol. The predicted octanol–water partition coefficient (Wildman–Crippen LogP) is 6.96. The van der Waals surface area contributed by atoms with E-state index in [2.05, 4.69) is 9.47 Å². The number of methoxy groups -OCH3 is 1. The number of aryl methyl sites for hydroxylation is 1. The Morgan fingerprint density at radius 3 is 2.10 bits per heavy atom. The number of nitrogens with zero attached hydrogens (tertiary/aromatic N) is 1. The fourth-order valence-corrected chi connectivity index (χ4v) is 3.96. The molecule has 0 spiro atoms. The fraction of sp³-hybridized carbons (Fsp3) is 0.333. The minimum atomic E-state index is -4.81. The summed E-state index contributed by atoms with van der Waals surface area (Å²) in [5.74, 6) is -1.71. The first-order chi connectivity index (χ1) is 18.4. The van der Waals surface area contributed by atoms with Crippen molar-refractivity contribution in [2.24, 2.45) is 0 Å². The first-order valence-corrected chi connectivity index (χ1v) is 12.5. The number of rotatable bonds is 9. The molecule has 0 unspecified atom stereocenters. The van der Waals surface area contributed by atoms with Crippen molar-refractivity contribution >= 4 is 17.6 Å². The molecule has 0 saturated heterocycles. The van der Waals surface area contributed by atoms with Crippen molar-refractivity contribution in [3.63, 3.8) is 0 Å². The molecule has 0 bridgehead atoms. The molecule has 0 heterocycles. The Labute approximate surface area is 226 Å². The molecule has 0 saturated carbocycles. The van der Waals surface area contributed by atoms with Crippen molar-refractivity contribution in [2.75, 3.05) is 18.6 Å². The number of hydrogen-bond acceptors (Lipinski definition) is 5. The van der Waals surface area contributed by atoms with Crippen LogP contribution in [0.4, 0.5) is 18.9 Å². The lowest BCUT2D eigenvalue weighted by atomic mass is 10.0. The van der Waals surface area contributed by atoms with E-state index >= 15 is 0 Å². The highest BCUT2D eigenvalue weighted by Crippen LogP contribution is 2.37. The quantitative estimate of drug-likeness (QED) is 0.166. The van der Waals surface area contributed by atoms with E-state index in [1.165, 1.54) is 34.7 Å². The van der Waals surface area contributed by atoms with Crippen molar-refractivity contribution in [3.05, 3.63) is 78.4 Å². The maximum Gasteiger partial charge on any atom is 0.573 e. The lowest BCUT2D eigenvalue weighted by Gasteiger charge is -2.26. The second-order valence-electron chi connectivity index (χ2n) is 9.86. The van der Waals surface area contributed by atoms with E-state index in [1.807, 2.05) is 51.1 Å². The molecule has 0 atom stereocenters. The number of amides is 1. The smallest absolute Gasteiger partial charge is 0.488 e. The van der Waals surface area contributed by atoms with Crippen LogP contribution in [0, 0.1) is 0 Å². The largest absolute Gasteiger partial charge is 0.573 e. The molecule has 0 aliphatic rings. The number of alkyl halides is 3. The van der Waals surface area contributed by atoms with Crippen LogP contribution in [0.2, 0.25) is 0 Å². The van der Waals surface area contributed by atoms with Crippen LogP contribution in [0.1, 0.15) is 39.2 Å². The molecule has 0 fully saturated rings. The van der Waals surface area contributed by atoms with E-state index in [-0.39, 0.29) is 12.3 Å². The van der Waals surface area contributed by atoms with E-state index in [0.29, 0.717) is 29.0 Å². The molecule has 0 aliphatic heterocycles. The Kier molecular flexibility index (Phi) is 9.61. The average Bonchev–Trinajstić information content (AvgIpc) is 2.87. The molecule has 0 radical (unpaired) electrons. The third-order valence-electron chi connectivity index (χ3n) is 5.64. The van der Waals surface area contributed by atoms with Gasteiger partial charge in [-0.3, -0.25) is 4.79 Å². The summed E-state index contributed by atoms with van der Waals surface area (Å²) in [6, 6.07) is 20.3. The Bertz CT molecular complexity index is 1250. The zero-order chi connectivity index (χ0) is 28.6. The molecule has 39 heavy (non-hydrogen) atoms. The van der Waals surface area contributed by atoms with Gasteiger partial charge in [-0.1, -0.05) is 42.5 Å². The highest BCUT2D eigenvalue weighted by molar-refractivity contribution is 6.38. The maximum absolute atomic E-state index is 13.0. The molecular formula is C30H32F3NO5. The maximum atomic E-state index is 13.0. The number of carbonyl (C=O) groups excluding carboxylic acids is 2. The molecule has 6 nitrogen and oxygen atoms in total. The normalized spacial score (nSPS) is 11.6. The van der Waals surface area contributed by atoms with Gasteiger partial charge in [0.25, 0.3) is 0 Å². The van der Waals surface area contributed by atoms with Crippen molar-refractivity contribution in [1.29, 1.82) is 0 Å². The zero-order valence-electron chi connectivity index (χ0n) is 22.4. The SMILES string of the molecule is COC(=O)C(=O)N(CCCCc1ccccc1)c1ccc(OC(C)(C)C)c(-c2ccc(OC(F)(F)F)cc2)c1. The van der Waals surface area contributed by atoms with Gasteiger partial charge in [-0.2, -0.15) is 0 Å². The second-order valence-corrected chi connectivity index (χ2v) is 9.86. The summed E-state index contributed by atoms with van der Waals surface area (Å²) in [5, 5.41) is 0. The van der Waals surface area contributed by atoms with Gasteiger partial charge in [0.05, 0.1) is 7.11 Å². The summed E-state index contributed by atoms with van der Waals surface area (Å²) in [7, 11) is 1.14. The van der Waals surface area contributed by atoms with Gasteiger partial charge in [0.1, 0.15) is 17.1 Å². The van der Waals surface area contributed by atoms with Crippen molar-refractivity contribution in [3.8, 4) is 22.6 Å². The summed E-state index contributed by atoms with van der Waals surface area (Å²) in [6.45, 7) is 5.86. The number of halogens is 3. The van der Waals surface area contributed by atoms with Gasteiger partial charge < -0.3 is 19.1 Å². The van der Waals surface area contributed by atoms with Crippen LogP contribution in [0.25, 0.3) is 11.1 Å². The topological polar surface area (TPSA) is 65.1 Å². The van der Waals surface area contributed by atoms with Gasteiger partial charge in [-0.05, 0) is 81.5 Å². The Morgan fingerprint density at radius 1 is 0.846 bits per heavy atom. The van der Waals surface area contributed by atoms with E-state index in [0.717, 1.165) is 20.0 Å². The van der Waals surface area contributed by atoms with E-state index in [9.17, 15) is 22.8 Å². The summed E-state index contributed by atoms with van der Waals surface area (Å²) in [5.41, 5.74) is 2.10. The number of benzene rings is 3. The Hall–Kier alpha value is -4.01. The minimum Gasteiger partial charge on any atom is -0.488 e. The molecule has 9 heteroatoms. The molecule has 3 rings (SSSR count). The third-order valence-corrected chi connectivity index (χ3v) is 5.64. The molecule has 3 aromatic carbocycles. The molecule has 208 valence electrons. The van der Waals surface area contributed by atoms with Crippen molar-refractivity contribution in [1.82, 2.24) is 0 Å². The Morgan fingerprint density at radius 2 is 1.51 bits per heavy atom. The van der Waals surface area contributed by atoms with Crippen LogP contribution in [0.15, 0.2) is 72.8 Å². The fourth-order valence-electron chi connectivity index (χ4n) is 3.96. The molecule has 0 aliphatic carbocycles. The number of hydrogen-bond donors (Lipinski definition) is 0. The van der Waals surface area contributed by atoms with Gasteiger partial charge in [0.15, 0.2) is 0 Å². The number of unbranched alkanes of at least 4 members (excludes halogenated alkanes) is 1. The molecule has 0 N–H and O–H groups in total. The van der Waals surface area contributed by atoms with Crippen LogP contribution in [-0.2, 0) is 20.7 Å². The van der Waals surface area contributed by atoms with E-state index in [1.54, 1.807) is 18.2 Å². The van der Waals surface area contributed by atoms with E-state index in [4.69, 9.17) is 4.74 Å². The third kappa shape index (κ3) is 9.05. The lowest BCUT2D eigenvalue weighted by molar-refractivity contribution is -0.274. The van der Waals surface area contributed by atoms with Crippen molar-refractivity contribution in [2.45, 2.75) is 52.0 Å². The van der Waals surface area contributed by atoms with Gasteiger partial charge in [-0.15, -0.1) is 13.2 Å². The average molecular weight is 544 g/mol. The number of ether oxygens (including phenoxy) is 3. The van der Waals surface area contributed by atoms with Crippen LogP contribution in [0.3, 0.4) is 0 Å². The van der Waals surface area contributed by atoms with E-state index < -0.39 is 23.8 Å². The molecule has 3 aromatic rings. The number of anilines is 1. The van der Waals surface area contributed by atoms with Gasteiger partial charge in [0, 0.05) is 17.8 Å². The Balaban J connectivity index is 1.93. The zero-order valence-corrected chi connectivity index (χ0v) is 22.4. The minimum absolute atomic E-state index is 0.262. The summed E-state index contributed by atoms with van der Waals surface area (Å²) < 4.78 is 52.7. The standard InChI is InChI=1S/C30H32F3NO5/c1-29(2,3)39-26-18-15-23(20-25(26)22-13-16-24(17-14-22)38-30(31,32)33)34(27(35)28(36)37-4)19-9-8-12-21-10-6-5-7-11-21/h5-7,10-11,13-18,20H,8-9,12,19H2,1-4H3. The second kappa shape index (κ2) is 12.7. The molecule has 1 amide bonds. The van der Waals surface area contributed by atoms with Crippen LogP contribution < -0.4 is 14.4 Å². The van der Waals surface area contributed by atoms with Gasteiger partial charge in [-0.25, -0.2) is 4.79 Å². The van der Waals surface area contributed by atoms with Crippen LogP contribution in [0.5, 0.6) is 11.5 Å². The summed E-state index contributed by atoms with van der Waals surface area (Å²) in [6.07, 6.45) is -2.58. The lowest BCUT2D eigenvalue weighted by Crippen LogP contribution is -2.38. The number of esters is 1. The van der Waals surface area contributed by atoms with Gasteiger partial charge >= 0.3 is 18.2 Å². The molecular weight excluding hydrogens is 511 g/mol. The highest BCUT2D eigenvalue weighted by Gasteiger charge is 2.31. The number of carbonyl (C=O) groups is 2. The van der Waals surface area contributed by atoms with Gasteiger partial charge in [0.2, 0.25) is 0 Å². The van der Waals surface area contributed by atoms with Crippen molar-refractivity contribution < 1.29 is 37.0 Å². The summed E-state index contributed by atoms with van der Waals surface area (Å²) in [4.78, 5) is 26.5. The predicted molar refractivity (Wildman–Crippen MR) is 143 cm³/mol. The first-order valence-electron chi connectivity index (χ1n) is 12.5. The van der Waals surface area contributed by atoms with Crippen LogP contribution in [-0.4, -0.2) is 37.5 Å². The first kappa shape index (κ1) is 29.5. The van der Waals surface area contributed by atoms with Crippen LogP contribution >= 0.6 is 0 Å². The molecule has 0 aromatic heterocycles. The highest BCUT2D eigenvalue weighted by atomic mass is 19.4.